The van der Waals surface area contributed by atoms with E-state index in [1.54, 1.807) is 22.7 Å². The molecule has 90 valence electrons. The topological polar surface area (TPSA) is 46.3 Å². The van der Waals surface area contributed by atoms with Crippen molar-refractivity contribution >= 4 is 38.0 Å². The fraction of sp³-hybridized carbons (Fsp3) is 0.417. The van der Waals surface area contributed by atoms with Crippen LogP contribution in [-0.4, -0.2) is 29.9 Å². The van der Waals surface area contributed by atoms with E-state index in [1.165, 1.54) is 9.40 Å². The number of likely N-dealkylation sites (tertiary alicyclic amines) is 1. The van der Waals surface area contributed by atoms with Gasteiger partial charge in [0, 0.05) is 28.5 Å². The van der Waals surface area contributed by atoms with Gasteiger partial charge in [-0.3, -0.25) is 4.79 Å². The summed E-state index contributed by atoms with van der Waals surface area (Å²) >= 11 is 3.27. The lowest BCUT2D eigenvalue weighted by atomic mass is 10.1. The second-order valence-electron chi connectivity index (χ2n) is 4.41. The quantitative estimate of drug-likeness (QED) is 0.862. The lowest BCUT2D eigenvalue weighted by Crippen LogP contribution is -2.45. The van der Waals surface area contributed by atoms with Gasteiger partial charge in [-0.25, -0.2) is 0 Å². The van der Waals surface area contributed by atoms with E-state index in [1.807, 2.05) is 11.0 Å². The minimum Gasteiger partial charge on any atom is -0.336 e. The number of hydrogen-bond donors (Lipinski definition) is 1. The van der Waals surface area contributed by atoms with Gasteiger partial charge in [-0.1, -0.05) is 0 Å². The second kappa shape index (κ2) is 4.40. The van der Waals surface area contributed by atoms with Gasteiger partial charge in [-0.15, -0.1) is 22.7 Å². The van der Waals surface area contributed by atoms with Gasteiger partial charge in [0.2, 0.25) is 0 Å². The van der Waals surface area contributed by atoms with E-state index < -0.39 is 0 Å². The molecular weight excluding hydrogens is 252 g/mol. The molecule has 5 heteroatoms. The molecule has 2 aromatic rings. The van der Waals surface area contributed by atoms with Crippen LogP contribution in [-0.2, 0) is 0 Å². The van der Waals surface area contributed by atoms with E-state index in [4.69, 9.17) is 5.73 Å². The van der Waals surface area contributed by atoms with Crippen molar-refractivity contribution in [3.05, 3.63) is 22.4 Å². The molecule has 1 fully saturated rings. The number of piperidine rings is 1. The maximum atomic E-state index is 12.3. The molecule has 17 heavy (non-hydrogen) atoms. The molecule has 1 saturated heterocycles. The van der Waals surface area contributed by atoms with E-state index in [0.29, 0.717) is 6.54 Å². The van der Waals surface area contributed by atoms with Crippen LogP contribution in [0.15, 0.2) is 17.5 Å². The Hall–Kier alpha value is -0.910. The predicted molar refractivity (Wildman–Crippen MR) is 72.8 cm³/mol. The molecule has 0 unspecified atom stereocenters. The molecule has 0 bridgehead atoms. The number of hydrogen-bond acceptors (Lipinski definition) is 4. The highest BCUT2D eigenvalue weighted by atomic mass is 32.1. The Morgan fingerprint density at radius 2 is 2.35 bits per heavy atom. The fourth-order valence-electron chi connectivity index (χ4n) is 2.22. The summed E-state index contributed by atoms with van der Waals surface area (Å²) in [6, 6.07) is 4.23. The van der Waals surface area contributed by atoms with Gasteiger partial charge in [0.05, 0.1) is 4.88 Å². The van der Waals surface area contributed by atoms with Gasteiger partial charge in [-0.05, 0) is 30.4 Å². The number of fused-ring (bicyclic) bond motifs is 1. The molecule has 3 heterocycles. The number of nitrogens with zero attached hydrogens (tertiary/aromatic N) is 1. The third kappa shape index (κ3) is 2.10. The first kappa shape index (κ1) is 11.2. The van der Waals surface area contributed by atoms with Gasteiger partial charge in [0.25, 0.3) is 5.91 Å². The Morgan fingerprint density at radius 3 is 3.12 bits per heavy atom. The van der Waals surface area contributed by atoms with E-state index in [0.717, 1.165) is 24.3 Å². The highest BCUT2D eigenvalue weighted by molar-refractivity contribution is 7.27. The smallest absolute Gasteiger partial charge is 0.264 e. The van der Waals surface area contributed by atoms with Crippen molar-refractivity contribution in [1.82, 2.24) is 4.90 Å². The Kier molecular flexibility index (Phi) is 2.90. The maximum absolute atomic E-state index is 12.3. The zero-order chi connectivity index (χ0) is 11.8. The van der Waals surface area contributed by atoms with Gasteiger partial charge in [0.15, 0.2) is 0 Å². The average Bonchev–Trinajstić information content (AvgIpc) is 2.88. The molecule has 1 aliphatic heterocycles. The van der Waals surface area contributed by atoms with Crippen molar-refractivity contribution in [2.75, 3.05) is 13.1 Å². The Morgan fingerprint density at radius 1 is 1.47 bits per heavy atom. The molecule has 0 aromatic carbocycles. The predicted octanol–water partition coefficient (Wildman–Crippen LogP) is 2.53. The second-order valence-corrected chi connectivity index (χ2v) is 6.44. The van der Waals surface area contributed by atoms with Gasteiger partial charge in [0.1, 0.15) is 0 Å². The van der Waals surface area contributed by atoms with Crippen LogP contribution >= 0.6 is 22.7 Å². The Bertz CT molecular complexity index is 517. The number of amides is 1. The summed E-state index contributed by atoms with van der Waals surface area (Å²) in [7, 11) is 0. The van der Waals surface area contributed by atoms with Crippen LogP contribution in [0.25, 0.3) is 9.40 Å². The first-order chi connectivity index (χ1) is 8.24. The molecule has 1 atom stereocenters. The molecule has 1 aliphatic rings. The van der Waals surface area contributed by atoms with Crippen LogP contribution in [0.3, 0.4) is 0 Å². The monoisotopic (exact) mass is 266 g/mol. The average molecular weight is 266 g/mol. The third-order valence-corrected chi connectivity index (χ3v) is 5.18. The number of carbonyl (C=O) groups is 1. The van der Waals surface area contributed by atoms with Crippen LogP contribution in [0.1, 0.15) is 22.5 Å². The summed E-state index contributed by atoms with van der Waals surface area (Å²) in [6.45, 7) is 1.54. The highest BCUT2D eigenvalue weighted by Crippen LogP contribution is 2.31. The number of carbonyl (C=O) groups excluding carboxylic acids is 1. The summed E-state index contributed by atoms with van der Waals surface area (Å²) in [5, 5.41) is 2.06. The van der Waals surface area contributed by atoms with Crippen molar-refractivity contribution in [3.63, 3.8) is 0 Å². The van der Waals surface area contributed by atoms with E-state index in [-0.39, 0.29) is 11.9 Å². The van der Waals surface area contributed by atoms with Gasteiger partial charge in [-0.2, -0.15) is 0 Å². The van der Waals surface area contributed by atoms with Crippen LogP contribution in [0.5, 0.6) is 0 Å². The number of thiophene rings is 2. The zero-order valence-electron chi connectivity index (χ0n) is 9.39. The fourth-order valence-corrected chi connectivity index (χ4v) is 4.30. The third-order valence-electron chi connectivity index (χ3n) is 3.10. The molecule has 0 radical (unpaired) electrons. The summed E-state index contributed by atoms with van der Waals surface area (Å²) in [5.74, 6) is 0.147. The molecule has 2 aromatic heterocycles. The van der Waals surface area contributed by atoms with E-state index in [2.05, 4.69) is 11.4 Å². The normalized spacial score (nSPS) is 21.0. The van der Waals surface area contributed by atoms with Crippen molar-refractivity contribution < 1.29 is 4.79 Å². The lowest BCUT2D eigenvalue weighted by Gasteiger charge is -2.30. The summed E-state index contributed by atoms with van der Waals surface area (Å²) in [6.07, 6.45) is 2.05. The molecule has 0 aliphatic carbocycles. The molecule has 0 saturated carbocycles. The van der Waals surface area contributed by atoms with E-state index in [9.17, 15) is 4.79 Å². The Balaban J connectivity index is 1.83. The molecule has 1 amide bonds. The van der Waals surface area contributed by atoms with E-state index >= 15 is 0 Å². The van der Waals surface area contributed by atoms with Crippen LogP contribution < -0.4 is 5.73 Å². The van der Waals surface area contributed by atoms with Crippen molar-refractivity contribution in [3.8, 4) is 0 Å². The van der Waals surface area contributed by atoms with Gasteiger partial charge < -0.3 is 10.6 Å². The largest absolute Gasteiger partial charge is 0.336 e. The molecule has 2 N–H and O–H groups in total. The molecule has 0 spiro atoms. The van der Waals surface area contributed by atoms with Gasteiger partial charge >= 0.3 is 0 Å². The minimum atomic E-state index is 0.147. The first-order valence-corrected chi connectivity index (χ1v) is 7.45. The summed E-state index contributed by atoms with van der Waals surface area (Å²) in [5.41, 5.74) is 5.91. The van der Waals surface area contributed by atoms with Crippen molar-refractivity contribution in [2.45, 2.75) is 18.9 Å². The zero-order valence-corrected chi connectivity index (χ0v) is 11.0. The standard InChI is InChI=1S/C12H14N2OS2/c13-8-2-1-4-14(7-8)12(15)11-6-10-9(17-11)3-5-16-10/h3,5-6,8H,1-2,4,7,13H2/t8-/m1/s1. The van der Waals surface area contributed by atoms with Crippen LogP contribution in [0.2, 0.25) is 0 Å². The maximum Gasteiger partial charge on any atom is 0.264 e. The van der Waals surface area contributed by atoms with Crippen LogP contribution in [0, 0.1) is 0 Å². The number of rotatable bonds is 1. The SMILES string of the molecule is N[C@@H]1CCCN(C(=O)c2cc3sccc3s2)C1. The highest BCUT2D eigenvalue weighted by Gasteiger charge is 2.23. The van der Waals surface area contributed by atoms with Crippen molar-refractivity contribution in [2.24, 2.45) is 5.73 Å². The summed E-state index contributed by atoms with van der Waals surface area (Å²) in [4.78, 5) is 15.0. The molecule has 3 nitrogen and oxygen atoms in total. The summed E-state index contributed by atoms with van der Waals surface area (Å²) < 4.78 is 2.42. The van der Waals surface area contributed by atoms with Crippen LogP contribution in [0.4, 0.5) is 0 Å². The van der Waals surface area contributed by atoms with Crippen molar-refractivity contribution in [1.29, 1.82) is 0 Å². The molecule has 3 rings (SSSR count). The lowest BCUT2D eigenvalue weighted by molar-refractivity contribution is 0.0714. The first-order valence-electron chi connectivity index (χ1n) is 5.76. The number of nitrogens with two attached hydrogens (primary N) is 1. The Labute approximate surface area is 108 Å². The minimum absolute atomic E-state index is 0.147. The molecular formula is C12H14N2OS2.